The monoisotopic (exact) mass is 348 g/mol. The molecule has 0 bridgehead atoms. The number of rotatable bonds is 4. The van der Waals surface area contributed by atoms with E-state index in [4.69, 9.17) is 5.10 Å². The Bertz CT molecular complexity index is 1080. The van der Waals surface area contributed by atoms with E-state index in [-0.39, 0.29) is 6.61 Å². The van der Waals surface area contributed by atoms with Gasteiger partial charge in [-0.2, -0.15) is 10.2 Å². The highest BCUT2D eigenvalue weighted by molar-refractivity contribution is 5.84. The molecule has 3 heterocycles. The zero-order chi connectivity index (χ0) is 18.3. The standard InChI is InChI=1S/C19H20N6O/c1-12-17(23-25(18(12)20-2)14-7-5-4-6-8-14)13-9-15-16(11-26)22-24(3)19(15)21-10-13/h4-10,20,26H,11H2,1-3H3. The molecular weight excluding hydrogens is 328 g/mol. The van der Waals surface area contributed by atoms with Gasteiger partial charge < -0.3 is 10.4 Å². The van der Waals surface area contributed by atoms with Crippen molar-refractivity contribution in [2.24, 2.45) is 7.05 Å². The molecule has 0 amide bonds. The van der Waals surface area contributed by atoms with E-state index in [1.165, 1.54) is 0 Å². The fourth-order valence-corrected chi connectivity index (χ4v) is 3.28. The quantitative estimate of drug-likeness (QED) is 0.593. The number of aliphatic hydroxyl groups excluding tert-OH is 1. The molecule has 0 atom stereocenters. The summed E-state index contributed by atoms with van der Waals surface area (Å²) in [6, 6.07) is 12.0. The Kier molecular flexibility index (Phi) is 3.93. The second-order valence-corrected chi connectivity index (χ2v) is 6.14. The third kappa shape index (κ3) is 2.44. The average molecular weight is 348 g/mol. The van der Waals surface area contributed by atoms with E-state index in [1.54, 1.807) is 10.9 Å². The molecule has 3 aromatic heterocycles. The van der Waals surface area contributed by atoms with E-state index < -0.39 is 0 Å². The van der Waals surface area contributed by atoms with Crippen molar-refractivity contribution in [3.63, 3.8) is 0 Å². The Hall–Kier alpha value is -3.19. The lowest BCUT2D eigenvalue weighted by Crippen LogP contribution is -2.02. The molecule has 4 aromatic rings. The highest BCUT2D eigenvalue weighted by Gasteiger charge is 2.18. The average Bonchev–Trinajstić information content (AvgIpc) is 3.18. The zero-order valence-electron chi connectivity index (χ0n) is 14.9. The largest absolute Gasteiger partial charge is 0.390 e. The van der Waals surface area contributed by atoms with Crippen LogP contribution in [0.5, 0.6) is 0 Å². The number of benzene rings is 1. The lowest BCUT2D eigenvalue weighted by Gasteiger charge is -2.06. The van der Waals surface area contributed by atoms with E-state index in [0.717, 1.165) is 39.4 Å². The molecule has 0 spiro atoms. The number of aryl methyl sites for hydroxylation is 1. The second kappa shape index (κ2) is 6.27. The molecule has 0 radical (unpaired) electrons. The maximum absolute atomic E-state index is 9.57. The molecule has 0 aliphatic heterocycles. The molecular formula is C19H20N6O. The maximum atomic E-state index is 9.57. The van der Waals surface area contributed by atoms with Gasteiger partial charge in [-0.25, -0.2) is 9.67 Å². The number of anilines is 1. The first kappa shape index (κ1) is 16.3. The van der Waals surface area contributed by atoms with Crippen LogP contribution in [-0.4, -0.2) is 36.7 Å². The van der Waals surface area contributed by atoms with Gasteiger partial charge in [-0.15, -0.1) is 0 Å². The number of nitrogens with zero attached hydrogens (tertiary/aromatic N) is 5. The van der Waals surface area contributed by atoms with E-state index >= 15 is 0 Å². The minimum Gasteiger partial charge on any atom is -0.390 e. The molecule has 0 fully saturated rings. The van der Waals surface area contributed by atoms with Crippen LogP contribution in [-0.2, 0) is 13.7 Å². The van der Waals surface area contributed by atoms with Gasteiger partial charge in [0.1, 0.15) is 5.82 Å². The SMILES string of the molecule is CNc1c(C)c(-c2cnc3c(c2)c(CO)nn3C)nn1-c1ccccc1. The third-order valence-corrected chi connectivity index (χ3v) is 4.54. The van der Waals surface area contributed by atoms with E-state index in [0.29, 0.717) is 5.69 Å². The van der Waals surface area contributed by atoms with Gasteiger partial charge in [-0.05, 0) is 25.1 Å². The summed E-state index contributed by atoms with van der Waals surface area (Å²) in [7, 11) is 3.71. The summed E-state index contributed by atoms with van der Waals surface area (Å²) >= 11 is 0. The van der Waals surface area contributed by atoms with Crippen molar-refractivity contribution in [1.29, 1.82) is 0 Å². The summed E-state index contributed by atoms with van der Waals surface area (Å²) in [5, 5.41) is 22.8. The summed E-state index contributed by atoms with van der Waals surface area (Å²) in [4.78, 5) is 4.52. The maximum Gasteiger partial charge on any atom is 0.157 e. The fourth-order valence-electron chi connectivity index (χ4n) is 3.28. The molecule has 7 nitrogen and oxygen atoms in total. The number of aliphatic hydroxyl groups is 1. The first-order valence-corrected chi connectivity index (χ1v) is 8.39. The first-order chi connectivity index (χ1) is 12.6. The van der Waals surface area contributed by atoms with Crippen LogP contribution < -0.4 is 5.32 Å². The van der Waals surface area contributed by atoms with Crippen molar-refractivity contribution in [3.8, 4) is 16.9 Å². The molecule has 0 saturated heterocycles. The van der Waals surface area contributed by atoms with Crippen molar-refractivity contribution in [1.82, 2.24) is 24.5 Å². The summed E-state index contributed by atoms with van der Waals surface area (Å²) in [5.74, 6) is 0.930. The molecule has 132 valence electrons. The van der Waals surface area contributed by atoms with Crippen molar-refractivity contribution < 1.29 is 5.11 Å². The van der Waals surface area contributed by atoms with Gasteiger partial charge in [0, 0.05) is 36.8 Å². The topological polar surface area (TPSA) is 80.8 Å². The van der Waals surface area contributed by atoms with Crippen molar-refractivity contribution in [3.05, 3.63) is 53.9 Å². The molecule has 4 rings (SSSR count). The number of hydrogen-bond donors (Lipinski definition) is 2. The highest BCUT2D eigenvalue weighted by atomic mass is 16.3. The number of para-hydroxylation sites is 1. The summed E-state index contributed by atoms with van der Waals surface area (Å²) < 4.78 is 3.57. The van der Waals surface area contributed by atoms with Gasteiger partial charge in [0.2, 0.25) is 0 Å². The normalized spacial score (nSPS) is 11.2. The second-order valence-electron chi connectivity index (χ2n) is 6.14. The molecule has 0 aliphatic rings. The van der Waals surface area contributed by atoms with Crippen LogP contribution in [0.25, 0.3) is 28.0 Å². The van der Waals surface area contributed by atoms with Crippen LogP contribution in [0.3, 0.4) is 0 Å². The number of aromatic nitrogens is 5. The van der Waals surface area contributed by atoms with E-state index in [9.17, 15) is 5.11 Å². The minimum absolute atomic E-state index is 0.123. The predicted octanol–water partition coefficient (Wildman–Crippen LogP) is 2.66. The summed E-state index contributed by atoms with van der Waals surface area (Å²) in [6.45, 7) is 1.91. The molecule has 26 heavy (non-hydrogen) atoms. The first-order valence-electron chi connectivity index (χ1n) is 8.39. The molecule has 1 aromatic carbocycles. The highest BCUT2D eigenvalue weighted by Crippen LogP contribution is 2.31. The minimum atomic E-state index is -0.123. The smallest absolute Gasteiger partial charge is 0.157 e. The van der Waals surface area contributed by atoms with E-state index in [1.807, 2.05) is 62.1 Å². The Labute approximate surface area is 150 Å². The third-order valence-electron chi connectivity index (χ3n) is 4.54. The van der Waals surface area contributed by atoms with Crippen LogP contribution in [0.2, 0.25) is 0 Å². The number of nitrogens with one attached hydrogen (secondary N) is 1. The molecule has 2 N–H and O–H groups in total. The van der Waals surface area contributed by atoms with Crippen molar-refractivity contribution in [2.45, 2.75) is 13.5 Å². The molecule has 7 heteroatoms. The van der Waals surface area contributed by atoms with Crippen LogP contribution in [0.15, 0.2) is 42.6 Å². The van der Waals surface area contributed by atoms with Gasteiger partial charge in [-0.3, -0.25) is 4.68 Å². The lowest BCUT2D eigenvalue weighted by atomic mass is 10.1. The fraction of sp³-hybridized carbons (Fsp3) is 0.211. The van der Waals surface area contributed by atoms with Gasteiger partial charge in [0.25, 0.3) is 0 Å². The van der Waals surface area contributed by atoms with Crippen LogP contribution in [0.4, 0.5) is 5.82 Å². The lowest BCUT2D eigenvalue weighted by molar-refractivity contribution is 0.277. The van der Waals surface area contributed by atoms with Crippen LogP contribution in [0.1, 0.15) is 11.3 Å². The Morgan fingerprint density at radius 3 is 2.62 bits per heavy atom. The van der Waals surface area contributed by atoms with Gasteiger partial charge >= 0.3 is 0 Å². The molecule has 0 saturated carbocycles. The molecule has 0 unspecified atom stereocenters. The number of pyridine rings is 1. The van der Waals surface area contributed by atoms with Crippen molar-refractivity contribution in [2.75, 3.05) is 12.4 Å². The summed E-state index contributed by atoms with van der Waals surface area (Å²) in [6.07, 6.45) is 1.80. The Balaban J connectivity index is 1.91. The number of hydrogen-bond acceptors (Lipinski definition) is 5. The molecule has 0 aliphatic carbocycles. The van der Waals surface area contributed by atoms with Crippen molar-refractivity contribution >= 4 is 16.9 Å². The van der Waals surface area contributed by atoms with Gasteiger partial charge in [0.05, 0.1) is 23.7 Å². The number of fused-ring (bicyclic) bond motifs is 1. The van der Waals surface area contributed by atoms with Gasteiger partial charge in [0.15, 0.2) is 5.65 Å². The summed E-state index contributed by atoms with van der Waals surface area (Å²) in [5.41, 5.74) is 5.12. The van der Waals surface area contributed by atoms with Crippen LogP contribution in [0, 0.1) is 6.92 Å². The van der Waals surface area contributed by atoms with E-state index in [2.05, 4.69) is 15.4 Å². The zero-order valence-corrected chi connectivity index (χ0v) is 14.9. The Morgan fingerprint density at radius 2 is 1.92 bits per heavy atom. The van der Waals surface area contributed by atoms with Crippen LogP contribution >= 0.6 is 0 Å². The van der Waals surface area contributed by atoms with Gasteiger partial charge in [-0.1, -0.05) is 18.2 Å². The Morgan fingerprint density at radius 1 is 1.15 bits per heavy atom. The predicted molar refractivity (Wildman–Crippen MR) is 101 cm³/mol.